The topological polar surface area (TPSA) is 20.2 Å². The summed E-state index contributed by atoms with van der Waals surface area (Å²) in [5.74, 6) is -0.112. The summed E-state index contributed by atoms with van der Waals surface area (Å²) >= 11 is 5.76. The average molecular weight is 273 g/mol. The van der Waals surface area contributed by atoms with Crippen molar-refractivity contribution in [1.29, 1.82) is 0 Å². The summed E-state index contributed by atoms with van der Waals surface area (Å²) in [6.07, 6.45) is -4.41. The summed E-state index contributed by atoms with van der Waals surface area (Å²) in [6, 6.07) is 8.97. The maximum Gasteiger partial charge on any atom is 0.416 e. The van der Waals surface area contributed by atoms with Crippen molar-refractivity contribution < 1.29 is 18.3 Å². The summed E-state index contributed by atoms with van der Waals surface area (Å²) < 4.78 is 37.7. The SMILES string of the molecule is Oc1ccc(Cl)cc1-c1cccc(C(F)(F)F)c1. The molecule has 0 aliphatic carbocycles. The highest BCUT2D eigenvalue weighted by Gasteiger charge is 2.30. The fourth-order valence-corrected chi connectivity index (χ4v) is 1.77. The van der Waals surface area contributed by atoms with Crippen LogP contribution >= 0.6 is 11.6 Å². The lowest BCUT2D eigenvalue weighted by molar-refractivity contribution is -0.137. The first-order chi connectivity index (χ1) is 8.38. The lowest BCUT2D eigenvalue weighted by atomic mass is 10.0. The summed E-state index contributed by atoms with van der Waals surface area (Å²) in [6.45, 7) is 0. The van der Waals surface area contributed by atoms with Crippen LogP contribution in [-0.4, -0.2) is 5.11 Å². The van der Waals surface area contributed by atoms with E-state index >= 15 is 0 Å². The molecule has 5 heteroatoms. The molecule has 0 spiro atoms. The predicted octanol–water partition coefficient (Wildman–Crippen LogP) is 4.73. The molecular formula is C13H8ClF3O. The minimum Gasteiger partial charge on any atom is -0.507 e. The van der Waals surface area contributed by atoms with Gasteiger partial charge in [-0.1, -0.05) is 23.7 Å². The van der Waals surface area contributed by atoms with E-state index in [1.165, 1.54) is 30.3 Å². The quantitative estimate of drug-likeness (QED) is 0.795. The molecule has 0 bridgehead atoms. The maximum absolute atomic E-state index is 12.6. The van der Waals surface area contributed by atoms with Gasteiger partial charge in [-0.15, -0.1) is 0 Å². The van der Waals surface area contributed by atoms with Crippen LogP contribution in [0.15, 0.2) is 42.5 Å². The Morgan fingerprint density at radius 3 is 2.39 bits per heavy atom. The Balaban J connectivity index is 2.55. The number of rotatable bonds is 1. The highest BCUT2D eigenvalue weighted by Crippen LogP contribution is 2.35. The van der Waals surface area contributed by atoms with Gasteiger partial charge in [0.15, 0.2) is 0 Å². The van der Waals surface area contributed by atoms with Crippen LogP contribution < -0.4 is 0 Å². The second kappa shape index (κ2) is 4.53. The van der Waals surface area contributed by atoms with Gasteiger partial charge in [0.25, 0.3) is 0 Å². The van der Waals surface area contributed by atoms with E-state index in [4.69, 9.17) is 11.6 Å². The van der Waals surface area contributed by atoms with Crippen LogP contribution in [0.1, 0.15) is 5.56 Å². The first-order valence-electron chi connectivity index (χ1n) is 5.04. The van der Waals surface area contributed by atoms with Crippen LogP contribution in [-0.2, 0) is 6.18 Å². The zero-order valence-electron chi connectivity index (χ0n) is 9.00. The van der Waals surface area contributed by atoms with Crippen molar-refractivity contribution in [2.75, 3.05) is 0 Å². The third-order valence-corrected chi connectivity index (χ3v) is 2.69. The van der Waals surface area contributed by atoms with Gasteiger partial charge in [-0.3, -0.25) is 0 Å². The minimum atomic E-state index is -4.41. The van der Waals surface area contributed by atoms with Crippen LogP contribution in [0.2, 0.25) is 5.02 Å². The zero-order chi connectivity index (χ0) is 13.3. The molecule has 0 unspecified atom stereocenters. The number of hydrogen-bond acceptors (Lipinski definition) is 1. The highest BCUT2D eigenvalue weighted by molar-refractivity contribution is 6.31. The standard InChI is InChI=1S/C13H8ClF3O/c14-10-4-5-12(18)11(7-10)8-2-1-3-9(6-8)13(15,16)17/h1-7,18H. The molecule has 0 fully saturated rings. The molecule has 2 aromatic rings. The smallest absolute Gasteiger partial charge is 0.416 e. The molecular weight excluding hydrogens is 265 g/mol. The number of phenolic OH excluding ortho intramolecular Hbond substituents is 1. The summed E-state index contributed by atoms with van der Waals surface area (Å²) in [5.41, 5.74) is -0.224. The molecule has 0 atom stereocenters. The van der Waals surface area contributed by atoms with Crippen molar-refractivity contribution >= 4 is 11.6 Å². The Kier molecular flexibility index (Phi) is 3.22. The lowest BCUT2D eigenvalue weighted by Gasteiger charge is -2.10. The fraction of sp³-hybridized carbons (Fsp3) is 0.0769. The third-order valence-electron chi connectivity index (χ3n) is 2.46. The molecule has 1 nitrogen and oxygen atoms in total. The minimum absolute atomic E-state index is 0.112. The molecule has 0 aromatic heterocycles. The Bertz CT molecular complexity index is 579. The number of phenols is 1. The summed E-state index contributed by atoms with van der Waals surface area (Å²) in [7, 11) is 0. The van der Waals surface area contributed by atoms with E-state index in [2.05, 4.69) is 0 Å². The molecule has 2 aromatic carbocycles. The summed E-state index contributed by atoms with van der Waals surface area (Å²) in [5, 5.41) is 9.99. The van der Waals surface area contributed by atoms with Crippen molar-refractivity contribution in [3.05, 3.63) is 53.1 Å². The molecule has 0 radical (unpaired) electrons. The molecule has 0 aliphatic heterocycles. The van der Waals surface area contributed by atoms with Crippen molar-refractivity contribution in [2.24, 2.45) is 0 Å². The molecule has 0 saturated carbocycles. The number of benzene rings is 2. The van der Waals surface area contributed by atoms with Gasteiger partial charge in [-0.2, -0.15) is 13.2 Å². The van der Waals surface area contributed by atoms with Gasteiger partial charge in [-0.05, 0) is 35.9 Å². The molecule has 1 N–H and O–H groups in total. The first kappa shape index (κ1) is 12.8. The van der Waals surface area contributed by atoms with Crippen LogP contribution in [0.4, 0.5) is 13.2 Å². The van der Waals surface area contributed by atoms with Gasteiger partial charge < -0.3 is 5.11 Å². The summed E-state index contributed by atoms with van der Waals surface area (Å²) in [4.78, 5) is 0. The second-order valence-electron chi connectivity index (χ2n) is 3.74. The molecule has 0 amide bonds. The van der Waals surface area contributed by atoms with E-state index in [0.29, 0.717) is 5.02 Å². The van der Waals surface area contributed by atoms with E-state index in [1.807, 2.05) is 0 Å². The predicted molar refractivity (Wildman–Crippen MR) is 63.6 cm³/mol. The fourth-order valence-electron chi connectivity index (χ4n) is 1.60. The van der Waals surface area contributed by atoms with Crippen molar-refractivity contribution in [3.8, 4) is 16.9 Å². The number of hydrogen-bond donors (Lipinski definition) is 1. The lowest BCUT2D eigenvalue weighted by Crippen LogP contribution is -2.04. The van der Waals surface area contributed by atoms with Crippen LogP contribution in [0, 0.1) is 0 Å². The van der Waals surface area contributed by atoms with Gasteiger partial charge in [0.05, 0.1) is 5.56 Å². The first-order valence-corrected chi connectivity index (χ1v) is 5.42. The van der Waals surface area contributed by atoms with E-state index in [1.54, 1.807) is 0 Å². The Hall–Kier alpha value is -1.68. The number of halogens is 4. The average Bonchev–Trinajstić information content (AvgIpc) is 2.31. The number of alkyl halides is 3. The van der Waals surface area contributed by atoms with Crippen LogP contribution in [0.3, 0.4) is 0 Å². The van der Waals surface area contributed by atoms with Gasteiger partial charge in [0, 0.05) is 10.6 Å². The highest BCUT2D eigenvalue weighted by atomic mass is 35.5. The second-order valence-corrected chi connectivity index (χ2v) is 4.18. The maximum atomic E-state index is 12.6. The number of aromatic hydroxyl groups is 1. The molecule has 2 rings (SSSR count). The van der Waals surface area contributed by atoms with E-state index in [0.717, 1.165) is 12.1 Å². The van der Waals surface area contributed by atoms with E-state index < -0.39 is 11.7 Å². The van der Waals surface area contributed by atoms with Crippen molar-refractivity contribution in [3.63, 3.8) is 0 Å². The molecule has 0 aliphatic rings. The molecule has 94 valence electrons. The van der Waals surface area contributed by atoms with Gasteiger partial charge in [0.1, 0.15) is 5.75 Å². The van der Waals surface area contributed by atoms with E-state index in [9.17, 15) is 18.3 Å². The molecule has 0 saturated heterocycles. The molecule has 18 heavy (non-hydrogen) atoms. The largest absolute Gasteiger partial charge is 0.507 e. The third kappa shape index (κ3) is 2.59. The Morgan fingerprint density at radius 1 is 1.00 bits per heavy atom. The Morgan fingerprint density at radius 2 is 1.72 bits per heavy atom. The van der Waals surface area contributed by atoms with Crippen LogP contribution in [0.5, 0.6) is 5.75 Å². The van der Waals surface area contributed by atoms with Gasteiger partial charge >= 0.3 is 6.18 Å². The zero-order valence-corrected chi connectivity index (χ0v) is 9.76. The van der Waals surface area contributed by atoms with Crippen LogP contribution in [0.25, 0.3) is 11.1 Å². The normalized spacial score (nSPS) is 11.6. The monoisotopic (exact) mass is 272 g/mol. The van der Waals surface area contributed by atoms with E-state index in [-0.39, 0.29) is 16.9 Å². The van der Waals surface area contributed by atoms with Crippen molar-refractivity contribution in [1.82, 2.24) is 0 Å². The van der Waals surface area contributed by atoms with Gasteiger partial charge in [-0.25, -0.2) is 0 Å². The van der Waals surface area contributed by atoms with Gasteiger partial charge in [0.2, 0.25) is 0 Å². The van der Waals surface area contributed by atoms with Crippen molar-refractivity contribution in [2.45, 2.75) is 6.18 Å². The molecule has 0 heterocycles. The Labute approximate surface area is 106 Å².